The second kappa shape index (κ2) is 7.06. The standard InChI is InChI=1S/C15H18F2N4O3S/c1-20-8-7-19-14(20)11-10-18-6-9-21(11)25(22,23)13-5-3-2-4-12(13)24-15(16)17/h2-5,7-8,11,15,18H,6,9-10H2,1H3. The first-order valence-corrected chi connectivity index (χ1v) is 9.09. The van der Waals surface area contributed by atoms with E-state index >= 15 is 0 Å². The summed E-state index contributed by atoms with van der Waals surface area (Å²) in [6, 6.07) is 4.87. The predicted octanol–water partition coefficient (Wildman–Crippen LogP) is 1.36. The van der Waals surface area contributed by atoms with E-state index in [4.69, 9.17) is 0 Å². The lowest BCUT2D eigenvalue weighted by Gasteiger charge is -2.34. The smallest absolute Gasteiger partial charge is 0.387 e. The van der Waals surface area contributed by atoms with Crippen LogP contribution >= 0.6 is 0 Å². The van der Waals surface area contributed by atoms with E-state index in [2.05, 4.69) is 15.0 Å². The largest absolute Gasteiger partial charge is 0.433 e. The van der Waals surface area contributed by atoms with Gasteiger partial charge in [-0.1, -0.05) is 12.1 Å². The van der Waals surface area contributed by atoms with Gasteiger partial charge in [0.2, 0.25) is 10.0 Å². The van der Waals surface area contributed by atoms with Crippen LogP contribution in [0, 0.1) is 0 Å². The number of piperazine rings is 1. The number of aromatic nitrogens is 2. The quantitative estimate of drug-likeness (QED) is 0.858. The van der Waals surface area contributed by atoms with Crippen molar-refractivity contribution in [1.29, 1.82) is 0 Å². The molecule has 1 fully saturated rings. The number of imidazole rings is 1. The van der Waals surface area contributed by atoms with Gasteiger partial charge in [0.15, 0.2) is 0 Å². The van der Waals surface area contributed by atoms with Gasteiger partial charge in [0.05, 0.1) is 6.04 Å². The lowest BCUT2D eigenvalue weighted by atomic mass is 10.2. The normalized spacial score (nSPS) is 19.3. The fourth-order valence-electron chi connectivity index (χ4n) is 2.87. The summed E-state index contributed by atoms with van der Waals surface area (Å²) >= 11 is 0. The van der Waals surface area contributed by atoms with Gasteiger partial charge in [-0.2, -0.15) is 13.1 Å². The molecule has 25 heavy (non-hydrogen) atoms. The minimum absolute atomic E-state index is 0.197. The van der Waals surface area contributed by atoms with Crippen molar-refractivity contribution in [2.45, 2.75) is 17.5 Å². The van der Waals surface area contributed by atoms with Crippen LogP contribution in [0.15, 0.2) is 41.6 Å². The summed E-state index contributed by atoms with van der Waals surface area (Å²) in [6.45, 7) is -2.08. The molecule has 1 saturated heterocycles. The van der Waals surface area contributed by atoms with Crippen LogP contribution in [0.2, 0.25) is 0 Å². The van der Waals surface area contributed by atoms with Crippen molar-refractivity contribution < 1.29 is 21.9 Å². The highest BCUT2D eigenvalue weighted by atomic mass is 32.2. The van der Waals surface area contributed by atoms with Gasteiger partial charge in [-0.15, -0.1) is 0 Å². The average Bonchev–Trinajstić information content (AvgIpc) is 3.00. The summed E-state index contributed by atoms with van der Waals surface area (Å²) in [7, 11) is -2.28. The Morgan fingerprint density at radius 1 is 1.36 bits per heavy atom. The molecule has 0 saturated carbocycles. The van der Waals surface area contributed by atoms with E-state index < -0.39 is 22.7 Å². The minimum atomic E-state index is -4.05. The van der Waals surface area contributed by atoms with Crippen LogP contribution in [0.1, 0.15) is 11.9 Å². The third-order valence-electron chi connectivity index (χ3n) is 4.00. The molecule has 0 amide bonds. The first-order chi connectivity index (χ1) is 11.9. The Bertz CT molecular complexity index is 841. The third kappa shape index (κ3) is 3.51. The van der Waals surface area contributed by atoms with Gasteiger partial charge < -0.3 is 14.6 Å². The van der Waals surface area contributed by atoms with Crippen molar-refractivity contribution in [3.63, 3.8) is 0 Å². The molecule has 0 aliphatic carbocycles. The SMILES string of the molecule is Cn1ccnc1C1CNCCN1S(=O)(=O)c1ccccc1OC(F)F. The van der Waals surface area contributed by atoms with E-state index in [1.807, 2.05) is 0 Å². The van der Waals surface area contributed by atoms with Crippen LogP contribution in [0.5, 0.6) is 5.75 Å². The second-order valence-electron chi connectivity index (χ2n) is 5.56. The fourth-order valence-corrected chi connectivity index (χ4v) is 4.58. The number of hydrogen-bond acceptors (Lipinski definition) is 5. The predicted molar refractivity (Wildman–Crippen MR) is 85.8 cm³/mol. The molecule has 1 aromatic heterocycles. The van der Waals surface area contributed by atoms with Gasteiger partial charge >= 0.3 is 6.61 Å². The number of ether oxygens (including phenoxy) is 1. The van der Waals surface area contributed by atoms with E-state index in [1.54, 1.807) is 24.0 Å². The summed E-state index contributed by atoms with van der Waals surface area (Å²) in [5, 5.41) is 3.14. The summed E-state index contributed by atoms with van der Waals surface area (Å²) in [5.41, 5.74) is 0. The molecule has 2 aromatic rings. The van der Waals surface area contributed by atoms with Gasteiger partial charge in [0.1, 0.15) is 16.5 Å². The molecule has 1 unspecified atom stereocenters. The Hall–Kier alpha value is -2.04. The molecule has 3 rings (SSSR count). The summed E-state index contributed by atoms with van der Waals surface area (Å²) in [4.78, 5) is 3.95. The van der Waals surface area contributed by atoms with Crippen molar-refractivity contribution in [2.24, 2.45) is 7.05 Å². The van der Waals surface area contributed by atoms with Crippen LogP contribution < -0.4 is 10.1 Å². The van der Waals surface area contributed by atoms with Gasteiger partial charge in [0.25, 0.3) is 0 Å². The maximum Gasteiger partial charge on any atom is 0.387 e. The number of nitrogens with one attached hydrogen (secondary N) is 1. The van der Waals surface area contributed by atoms with Crippen molar-refractivity contribution in [3.8, 4) is 5.75 Å². The zero-order valence-corrected chi connectivity index (χ0v) is 14.3. The molecule has 1 N–H and O–H groups in total. The molecule has 1 atom stereocenters. The molecule has 2 heterocycles. The van der Waals surface area contributed by atoms with Crippen molar-refractivity contribution in [3.05, 3.63) is 42.5 Å². The van der Waals surface area contributed by atoms with Gasteiger partial charge in [-0.25, -0.2) is 13.4 Å². The maximum absolute atomic E-state index is 13.1. The molecule has 1 aromatic carbocycles. The first-order valence-electron chi connectivity index (χ1n) is 7.65. The summed E-state index contributed by atoms with van der Waals surface area (Å²) in [6.07, 6.45) is 3.31. The average molecular weight is 372 g/mol. The monoisotopic (exact) mass is 372 g/mol. The lowest BCUT2D eigenvalue weighted by Crippen LogP contribution is -2.49. The molecule has 1 aliphatic heterocycles. The molecular weight excluding hydrogens is 354 g/mol. The number of alkyl halides is 2. The maximum atomic E-state index is 13.1. The van der Waals surface area contributed by atoms with Crippen LogP contribution in [0.4, 0.5) is 8.78 Å². The highest BCUT2D eigenvalue weighted by molar-refractivity contribution is 7.89. The molecule has 0 bridgehead atoms. The highest BCUT2D eigenvalue weighted by Crippen LogP contribution is 2.33. The Balaban J connectivity index is 2.02. The van der Waals surface area contributed by atoms with E-state index in [9.17, 15) is 17.2 Å². The number of halogens is 2. The van der Waals surface area contributed by atoms with E-state index in [0.29, 0.717) is 18.9 Å². The highest BCUT2D eigenvalue weighted by Gasteiger charge is 2.38. The van der Waals surface area contributed by atoms with Crippen molar-refractivity contribution in [1.82, 2.24) is 19.2 Å². The van der Waals surface area contributed by atoms with E-state index in [0.717, 1.165) is 0 Å². The van der Waals surface area contributed by atoms with E-state index in [-0.39, 0.29) is 17.2 Å². The molecule has 136 valence electrons. The molecule has 0 radical (unpaired) electrons. The Labute approximate surface area is 144 Å². The van der Waals surface area contributed by atoms with Crippen LogP contribution in [0.25, 0.3) is 0 Å². The number of aryl methyl sites for hydroxylation is 1. The molecular formula is C15H18F2N4O3S. The number of sulfonamides is 1. The van der Waals surface area contributed by atoms with Gasteiger partial charge in [0, 0.05) is 39.1 Å². The lowest BCUT2D eigenvalue weighted by molar-refractivity contribution is -0.0518. The zero-order chi connectivity index (χ0) is 18.0. The topological polar surface area (TPSA) is 76.5 Å². The molecule has 7 nitrogen and oxygen atoms in total. The molecule has 0 spiro atoms. The molecule has 1 aliphatic rings. The number of benzene rings is 1. The van der Waals surface area contributed by atoms with Gasteiger partial charge in [-0.3, -0.25) is 0 Å². The fraction of sp³-hybridized carbons (Fsp3) is 0.400. The van der Waals surface area contributed by atoms with Crippen LogP contribution in [-0.4, -0.2) is 48.5 Å². The second-order valence-corrected chi connectivity index (χ2v) is 7.42. The van der Waals surface area contributed by atoms with Crippen LogP contribution in [-0.2, 0) is 17.1 Å². The summed E-state index contributed by atoms with van der Waals surface area (Å²) < 4.78 is 59.0. The number of nitrogens with zero attached hydrogens (tertiary/aromatic N) is 3. The number of rotatable bonds is 5. The first kappa shape index (κ1) is 17.8. The Morgan fingerprint density at radius 3 is 2.80 bits per heavy atom. The van der Waals surface area contributed by atoms with Crippen molar-refractivity contribution in [2.75, 3.05) is 19.6 Å². The Kier molecular flexibility index (Phi) is 5.02. The van der Waals surface area contributed by atoms with Crippen LogP contribution in [0.3, 0.4) is 0 Å². The zero-order valence-electron chi connectivity index (χ0n) is 13.5. The minimum Gasteiger partial charge on any atom is -0.433 e. The number of para-hydroxylation sites is 1. The third-order valence-corrected chi connectivity index (χ3v) is 5.95. The van der Waals surface area contributed by atoms with E-state index in [1.165, 1.54) is 28.6 Å². The summed E-state index contributed by atoms with van der Waals surface area (Å²) in [5.74, 6) is 0.206. The van der Waals surface area contributed by atoms with Gasteiger partial charge in [-0.05, 0) is 12.1 Å². The van der Waals surface area contributed by atoms with Crippen molar-refractivity contribution >= 4 is 10.0 Å². The number of hydrogen-bond donors (Lipinski definition) is 1. The Morgan fingerprint density at radius 2 is 2.12 bits per heavy atom. The molecule has 10 heteroatoms.